The first-order valence-corrected chi connectivity index (χ1v) is 3.55. The van der Waals surface area contributed by atoms with Gasteiger partial charge >= 0.3 is 5.97 Å². The fraction of sp³-hybridized carbons (Fsp3) is 0.100. The second-order valence-corrected chi connectivity index (χ2v) is 2.33. The molecule has 0 fully saturated rings. The fourth-order valence-electron chi connectivity index (χ4n) is 0.780. The Morgan fingerprint density at radius 2 is 2.50 bits per heavy atom. The van der Waals surface area contributed by atoms with Crippen LogP contribution in [0.1, 0.15) is 5.56 Å². The molecule has 2 nitrogen and oxygen atoms in total. The Morgan fingerprint density at radius 1 is 1.75 bits per heavy atom. The van der Waals surface area contributed by atoms with E-state index in [0.29, 0.717) is 5.75 Å². The highest BCUT2D eigenvalue weighted by molar-refractivity contribution is 5.83. The van der Waals surface area contributed by atoms with E-state index in [0.717, 1.165) is 11.6 Å². The summed E-state index contributed by atoms with van der Waals surface area (Å²) in [6.45, 7) is 5.18. The summed E-state index contributed by atoms with van der Waals surface area (Å²) in [6.07, 6.45) is 1.13. The third-order valence-electron chi connectivity index (χ3n) is 1.30. The van der Waals surface area contributed by atoms with E-state index in [4.69, 9.17) is 4.74 Å². The Balaban J connectivity index is 2.76. The first-order chi connectivity index (χ1) is 5.72. The summed E-state index contributed by atoms with van der Waals surface area (Å²) < 4.78 is 4.87. The third-order valence-corrected chi connectivity index (χ3v) is 1.30. The topological polar surface area (TPSA) is 26.3 Å². The standard InChI is InChI=1S/C10H9O2/c1-3-10(11)12-9-6-4-5-8(2)7-9/h3-4,6-7H,1H2,2H3. The van der Waals surface area contributed by atoms with Gasteiger partial charge in [0.1, 0.15) is 5.75 Å². The van der Waals surface area contributed by atoms with Crippen LogP contribution in [-0.4, -0.2) is 5.97 Å². The van der Waals surface area contributed by atoms with E-state index in [-0.39, 0.29) is 0 Å². The molecule has 0 N–H and O–H groups in total. The van der Waals surface area contributed by atoms with Gasteiger partial charge in [-0.3, -0.25) is 0 Å². The summed E-state index contributed by atoms with van der Waals surface area (Å²) in [6, 6.07) is 8.07. The molecule has 0 amide bonds. The van der Waals surface area contributed by atoms with Crippen molar-refractivity contribution in [2.45, 2.75) is 6.92 Å². The maximum Gasteiger partial charge on any atom is 0.335 e. The van der Waals surface area contributed by atoms with Crippen LogP contribution in [0.25, 0.3) is 0 Å². The predicted molar refractivity (Wildman–Crippen MR) is 45.8 cm³/mol. The van der Waals surface area contributed by atoms with E-state index < -0.39 is 5.97 Å². The summed E-state index contributed by atoms with van der Waals surface area (Å²) in [4.78, 5) is 10.7. The monoisotopic (exact) mass is 161 g/mol. The van der Waals surface area contributed by atoms with E-state index in [1.807, 2.05) is 6.92 Å². The van der Waals surface area contributed by atoms with Gasteiger partial charge in [0.25, 0.3) is 0 Å². The number of hydrogen-bond acceptors (Lipinski definition) is 2. The average molecular weight is 161 g/mol. The number of ether oxygens (including phenoxy) is 1. The Bertz CT molecular complexity index is 302. The largest absolute Gasteiger partial charge is 0.423 e. The number of carbonyl (C=O) groups excluding carboxylic acids is 1. The minimum atomic E-state index is -0.444. The number of esters is 1. The molecule has 1 radical (unpaired) electrons. The highest BCUT2D eigenvalue weighted by Crippen LogP contribution is 2.11. The van der Waals surface area contributed by atoms with Crippen LogP contribution in [0.15, 0.2) is 30.9 Å². The van der Waals surface area contributed by atoms with E-state index in [2.05, 4.69) is 12.6 Å². The lowest BCUT2D eigenvalue weighted by molar-refractivity contribution is -0.128. The van der Waals surface area contributed by atoms with Crippen molar-refractivity contribution in [3.05, 3.63) is 42.5 Å². The van der Waals surface area contributed by atoms with Gasteiger partial charge in [-0.2, -0.15) is 0 Å². The minimum absolute atomic E-state index is 0.444. The molecule has 12 heavy (non-hydrogen) atoms. The molecule has 0 aliphatic carbocycles. The zero-order chi connectivity index (χ0) is 8.97. The maximum atomic E-state index is 10.7. The van der Waals surface area contributed by atoms with Crippen molar-refractivity contribution in [1.29, 1.82) is 0 Å². The Hall–Kier alpha value is -1.57. The molecule has 0 aliphatic heterocycles. The van der Waals surface area contributed by atoms with Crippen LogP contribution in [0.3, 0.4) is 0 Å². The third kappa shape index (κ3) is 2.23. The molecule has 0 atom stereocenters. The van der Waals surface area contributed by atoms with E-state index >= 15 is 0 Å². The molecular weight excluding hydrogens is 152 g/mol. The second kappa shape index (κ2) is 3.72. The number of rotatable bonds is 2. The van der Waals surface area contributed by atoms with Crippen molar-refractivity contribution in [3.63, 3.8) is 0 Å². The first kappa shape index (κ1) is 8.53. The van der Waals surface area contributed by atoms with Crippen molar-refractivity contribution in [1.82, 2.24) is 0 Å². The van der Waals surface area contributed by atoms with Crippen LogP contribution >= 0.6 is 0 Å². The molecule has 1 rings (SSSR count). The lowest BCUT2D eigenvalue weighted by Crippen LogP contribution is -2.02. The predicted octanol–water partition coefficient (Wildman–Crippen LogP) is 1.89. The Morgan fingerprint density at radius 3 is 3.08 bits per heavy atom. The first-order valence-electron chi connectivity index (χ1n) is 3.55. The molecule has 0 heterocycles. The van der Waals surface area contributed by atoms with Crippen molar-refractivity contribution in [2.75, 3.05) is 0 Å². The van der Waals surface area contributed by atoms with Crippen LogP contribution in [0, 0.1) is 13.0 Å². The average Bonchev–Trinajstić information content (AvgIpc) is 2.04. The number of hydrogen-bond donors (Lipinski definition) is 0. The molecule has 61 valence electrons. The van der Waals surface area contributed by atoms with E-state index in [9.17, 15) is 4.79 Å². The van der Waals surface area contributed by atoms with E-state index in [1.165, 1.54) is 0 Å². The van der Waals surface area contributed by atoms with Crippen molar-refractivity contribution < 1.29 is 9.53 Å². The molecule has 1 aromatic rings. The molecule has 1 aromatic carbocycles. The number of carbonyl (C=O) groups is 1. The zero-order valence-electron chi connectivity index (χ0n) is 6.83. The molecule has 0 saturated heterocycles. The summed E-state index contributed by atoms with van der Waals surface area (Å²) in [5.41, 5.74) is 0.935. The molecule has 0 aromatic heterocycles. The summed E-state index contributed by atoms with van der Waals surface area (Å²) in [7, 11) is 0. The lowest BCUT2D eigenvalue weighted by atomic mass is 10.2. The van der Waals surface area contributed by atoms with Gasteiger partial charge in [0, 0.05) is 6.08 Å². The summed E-state index contributed by atoms with van der Waals surface area (Å²) in [5, 5.41) is 0. The molecule has 0 bridgehead atoms. The van der Waals surface area contributed by atoms with Gasteiger partial charge in [-0.1, -0.05) is 12.6 Å². The fourth-order valence-corrected chi connectivity index (χ4v) is 0.780. The van der Waals surface area contributed by atoms with Crippen LogP contribution in [0.2, 0.25) is 0 Å². The van der Waals surface area contributed by atoms with Gasteiger partial charge in [0.15, 0.2) is 0 Å². The highest BCUT2D eigenvalue weighted by atomic mass is 16.5. The van der Waals surface area contributed by atoms with Gasteiger partial charge in [-0.25, -0.2) is 4.79 Å². The normalized spacial score (nSPS) is 9.08. The van der Waals surface area contributed by atoms with Crippen molar-refractivity contribution in [3.8, 4) is 5.75 Å². The maximum absolute atomic E-state index is 10.7. The van der Waals surface area contributed by atoms with Crippen LogP contribution in [0.4, 0.5) is 0 Å². The van der Waals surface area contributed by atoms with E-state index in [1.54, 1.807) is 18.2 Å². The highest BCUT2D eigenvalue weighted by Gasteiger charge is 1.98. The molecule has 0 aliphatic rings. The van der Waals surface area contributed by atoms with Gasteiger partial charge < -0.3 is 4.74 Å². The quantitative estimate of drug-likeness (QED) is 0.376. The van der Waals surface area contributed by atoms with Gasteiger partial charge in [0.2, 0.25) is 0 Å². The van der Waals surface area contributed by atoms with Crippen molar-refractivity contribution >= 4 is 5.97 Å². The minimum Gasteiger partial charge on any atom is -0.423 e. The second-order valence-electron chi connectivity index (χ2n) is 2.33. The molecule has 2 heteroatoms. The Labute approximate surface area is 71.5 Å². The summed E-state index contributed by atoms with van der Waals surface area (Å²) in [5.74, 6) is 0.0803. The molecule has 0 saturated carbocycles. The molecule has 0 spiro atoms. The number of benzene rings is 1. The van der Waals surface area contributed by atoms with Gasteiger partial charge in [-0.05, 0) is 30.7 Å². The zero-order valence-corrected chi connectivity index (χ0v) is 6.83. The molecule has 0 unspecified atom stereocenters. The van der Waals surface area contributed by atoms with Crippen LogP contribution in [0.5, 0.6) is 5.75 Å². The van der Waals surface area contributed by atoms with Gasteiger partial charge in [0.05, 0.1) is 0 Å². The SMILES string of the molecule is C=CC(=O)Oc1cc[c]c(C)c1. The van der Waals surface area contributed by atoms with Gasteiger partial charge in [-0.15, -0.1) is 0 Å². The van der Waals surface area contributed by atoms with Crippen LogP contribution in [-0.2, 0) is 4.79 Å². The smallest absolute Gasteiger partial charge is 0.335 e. The summed E-state index contributed by atoms with van der Waals surface area (Å²) >= 11 is 0. The number of aryl methyl sites for hydroxylation is 1. The Kier molecular flexibility index (Phi) is 2.64. The molecular formula is C10H9O2. The van der Waals surface area contributed by atoms with Crippen molar-refractivity contribution in [2.24, 2.45) is 0 Å². The van der Waals surface area contributed by atoms with Crippen LogP contribution < -0.4 is 4.74 Å². The lowest BCUT2D eigenvalue weighted by Gasteiger charge is -2.00.